The van der Waals surface area contributed by atoms with Gasteiger partial charge in [0.15, 0.2) is 0 Å². The first-order chi connectivity index (χ1) is 9.65. The summed E-state index contributed by atoms with van der Waals surface area (Å²) in [7, 11) is 0. The predicted octanol–water partition coefficient (Wildman–Crippen LogP) is 2.26. The molecule has 3 rings (SSSR count). The number of hydrogen-bond acceptors (Lipinski definition) is 4. The highest BCUT2D eigenvalue weighted by atomic mass is 16.6. The minimum atomic E-state index is -0.318. The van der Waals surface area contributed by atoms with Gasteiger partial charge in [0.25, 0.3) is 5.69 Å². The van der Waals surface area contributed by atoms with Gasteiger partial charge in [-0.25, -0.2) is 0 Å². The first kappa shape index (κ1) is 13.5. The molecule has 0 bridgehead atoms. The van der Waals surface area contributed by atoms with Crippen LogP contribution in [0.15, 0.2) is 24.3 Å². The van der Waals surface area contributed by atoms with Crippen LogP contribution in [0.4, 0.5) is 5.69 Å². The van der Waals surface area contributed by atoms with Crippen LogP contribution >= 0.6 is 0 Å². The maximum absolute atomic E-state index is 10.8. The number of nitro benzene ring substituents is 1. The molecule has 1 aromatic carbocycles. The number of nitro groups is 1. The van der Waals surface area contributed by atoms with Gasteiger partial charge in [-0.05, 0) is 31.9 Å². The molecule has 0 radical (unpaired) electrons. The maximum Gasteiger partial charge on any atom is 0.269 e. The van der Waals surface area contributed by atoms with Gasteiger partial charge in [-0.15, -0.1) is 0 Å². The van der Waals surface area contributed by atoms with Crippen molar-refractivity contribution in [2.75, 3.05) is 19.6 Å². The van der Waals surface area contributed by atoms with Gasteiger partial charge in [-0.1, -0.05) is 12.1 Å². The van der Waals surface area contributed by atoms with Crippen LogP contribution in [0.1, 0.15) is 25.3 Å². The molecule has 0 N–H and O–H groups in total. The van der Waals surface area contributed by atoms with Crippen molar-refractivity contribution >= 4 is 5.69 Å². The molecule has 1 aromatic rings. The molecule has 0 spiro atoms. The Bertz CT molecular complexity index is 506. The molecule has 2 aliphatic rings. The molecule has 108 valence electrons. The third-order valence-electron chi connectivity index (χ3n) is 4.73. The van der Waals surface area contributed by atoms with Gasteiger partial charge in [0.1, 0.15) is 0 Å². The van der Waals surface area contributed by atoms with Gasteiger partial charge in [-0.3, -0.25) is 19.9 Å². The topological polar surface area (TPSA) is 49.6 Å². The van der Waals surface area contributed by atoms with Crippen LogP contribution in [0.2, 0.25) is 0 Å². The third-order valence-corrected chi connectivity index (χ3v) is 4.73. The van der Waals surface area contributed by atoms with E-state index in [2.05, 4.69) is 16.7 Å². The highest BCUT2D eigenvalue weighted by molar-refractivity contribution is 5.34. The summed E-state index contributed by atoms with van der Waals surface area (Å²) in [6.07, 6.45) is 2.59. The highest BCUT2D eigenvalue weighted by Crippen LogP contribution is 2.28. The van der Waals surface area contributed by atoms with Crippen LogP contribution in [0.25, 0.3) is 0 Å². The summed E-state index contributed by atoms with van der Waals surface area (Å²) in [6, 6.07) is 8.23. The lowest BCUT2D eigenvalue weighted by Crippen LogP contribution is -2.55. The Morgan fingerprint density at radius 1 is 1.35 bits per heavy atom. The Hall–Kier alpha value is -1.46. The molecule has 5 nitrogen and oxygen atoms in total. The van der Waals surface area contributed by atoms with Crippen molar-refractivity contribution in [3.63, 3.8) is 0 Å². The zero-order chi connectivity index (χ0) is 14.1. The zero-order valence-corrected chi connectivity index (χ0v) is 11.9. The molecule has 5 heteroatoms. The van der Waals surface area contributed by atoms with Gasteiger partial charge < -0.3 is 0 Å². The summed E-state index contributed by atoms with van der Waals surface area (Å²) < 4.78 is 0. The molecule has 0 saturated carbocycles. The van der Waals surface area contributed by atoms with Crippen molar-refractivity contribution in [3.05, 3.63) is 39.9 Å². The Kier molecular flexibility index (Phi) is 3.72. The molecule has 2 aliphatic heterocycles. The van der Waals surface area contributed by atoms with Crippen LogP contribution in [0.3, 0.4) is 0 Å². The molecule has 2 fully saturated rings. The summed E-state index contributed by atoms with van der Waals surface area (Å²) in [6.45, 7) is 6.52. The zero-order valence-electron chi connectivity index (χ0n) is 11.9. The van der Waals surface area contributed by atoms with E-state index >= 15 is 0 Å². The maximum atomic E-state index is 10.8. The lowest BCUT2D eigenvalue weighted by Gasteiger charge is -2.43. The van der Waals surface area contributed by atoms with Crippen LogP contribution in [0.5, 0.6) is 0 Å². The van der Waals surface area contributed by atoms with Crippen LogP contribution in [-0.4, -0.2) is 46.4 Å². The van der Waals surface area contributed by atoms with E-state index in [4.69, 9.17) is 0 Å². The number of non-ortho nitro benzene ring substituents is 1. The molecule has 2 saturated heterocycles. The smallest absolute Gasteiger partial charge is 0.269 e. The van der Waals surface area contributed by atoms with Crippen molar-refractivity contribution in [1.29, 1.82) is 0 Å². The fourth-order valence-electron chi connectivity index (χ4n) is 3.61. The Balaban J connectivity index is 1.71. The quantitative estimate of drug-likeness (QED) is 0.627. The second-order valence-corrected chi connectivity index (χ2v) is 5.88. The van der Waals surface area contributed by atoms with Crippen LogP contribution in [0, 0.1) is 10.1 Å². The summed E-state index contributed by atoms with van der Waals surface area (Å²) in [4.78, 5) is 15.6. The molecular weight excluding hydrogens is 254 g/mol. The van der Waals surface area contributed by atoms with E-state index < -0.39 is 0 Å². The molecule has 2 atom stereocenters. The molecule has 2 heterocycles. The number of piperazine rings is 1. The fourth-order valence-corrected chi connectivity index (χ4v) is 3.61. The standard InChI is InChI=1S/C15H21N3O2/c1-12-15-6-3-7-16(15)8-9-17(12)11-13-4-2-5-14(10-13)18(19)20/h2,4-5,10,12,15H,3,6-9,11H2,1H3/t12-,15+/m1/s1. The van der Waals surface area contributed by atoms with Gasteiger partial charge in [0, 0.05) is 43.9 Å². The van der Waals surface area contributed by atoms with E-state index in [1.165, 1.54) is 19.4 Å². The molecule has 20 heavy (non-hydrogen) atoms. The molecular formula is C15H21N3O2. The first-order valence-electron chi connectivity index (χ1n) is 7.36. The lowest BCUT2D eigenvalue weighted by molar-refractivity contribution is -0.384. The summed E-state index contributed by atoms with van der Waals surface area (Å²) in [5, 5.41) is 10.8. The minimum absolute atomic E-state index is 0.189. The van der Waals surface area contributed by atoms with E-state index in [-0.39, 0.29) is 10.6 Å². The first-order valence-corrected chi connectivity index (χ1v) is 7.36. The molecule has 0 amide bonds. The van der Waals surface area contributed by atoms with E-state index in [1.54, 1.807) is 18.2 Å². The lowest BCUT2D eigenvalue weighted by atomic mass is 10.0. The average molecular weight is 275 g/mol. The van der Waals surface area contributed by atoms with Gasteiger partial charge in [0.2, 0.25) is 0 Å². The van der Waals surface area contributed by atoms with Gasteiger partial charge >= 0.3 is 0 Å². The monoisotopic (exact) mass is 275 g/mol. The molecule has 0 unspecified atom stereocenters. The number of benzene rings is 1. The van der Waals surface area contributed by atoms with Crippen LogP contribution in [-0.2, 0) is 6.54 Å². The van der Waals surface area contributed by atoms with Crippen molar-refractivity contribution < 1.29 is 4.92 Å². The SMILES string of the molecule is C[C@@H]1[C@@H]2CCCN2CCN1Cc1cccc([N+](=O)[O-])c1. The summed E-state index contributed by atoms with van der Waals surface area (Å²) in [5.41, 5.74) is 1.23. The number of nitrogens with zero attached hydrogens (tertiary/aromatic N) is 3. The van der Waals surface area contributed by atoms with E-state index in [9.17, 15) is 10.1 Å². The minimum Gasteiger partial charge on any atom is -0.298 e. The Morgan fingerprint density at radius 2 is 2.20 bits per heavy atom. The predicted molar refractivity (Wildman–Crippen MR) is 77.6 cm³/mol. The third kappa shape index (κ3) is 2.55. The number of hydrogen-bond donors (Lipinski definition) is 0. The van der Waals surface area contributed by atoms with Crippen molar-refractivity contribution in [1.82, 2.24) is 9.80 Å². The van der Waals surface area contributed by atoms with Crippen molar-refractivity contribution in [2.24, 2.45) is 0 Å². The largest absolute Gasteiger partial charge is 0.298 e. The number of rotatable bonds is 3. The number of fused-ring (bicyclic) bond motifs is 1. The van der Waals surface area contributed by atoms with Gasteiger partial charge in [0.05, 0.1) is 4.92 Å². The van der Waals surface area contributed by atoms with E-state index in [0.29, 0.717) is 12.1 Å². The Labute approximate surface area is 119 Å². The van der Waals surface area contributed by atoms with Crippen molar-refractivity contribution in [3.8, 4) is 0 Å². The van der Waals surface area contributed by atoms with E-state index in [0.717, 1.165) is 25.2 Å². The normalized spacial score (nSPS) is 27.4. The van der Waals surface area contributed by atoms with Crippen LogP contribution < -0.4 is 0 Å². The highest BCUT2D eigenvalue weighted by Gasteiger charge is 2.36. The molecule has 0 aromatic heterocycles. The molecule has 0 aliphatic carbocycles. The van der Waals surface area contributed by atoms with Crippen molar-refractivity contribution in [2.45, 2.75) is 38.4 Å². The summed E-state index contributed by atoms with van der Waals surface area (Å²) >= 11 is 0. The van der Waals surface area contributed by atoms with E-state index in [1.807, 2.05) is 6.07 Å². The second kappa shape index (κ2) is 5.50. The summed E-state index contributed by atoms with van der Waals surface area (Å²) in [5.74, 6) is 0. The Morgan fingerprint density at radius 3 is 3.00 bits per heavy atom. The fraction of sp³-hybridized carbons (Fsp3) is 0.600. The second-order valence-electron chi connectivity index (χ2n) is 5.88. The van der Waals surface area contributed by atoms with Gasteiger partial charge in [-0.2, -0.15) is 0 Å². The average Bonchev–Trinajstić information content (AvgIpc) is 2.91.